The summed E-state index contributed by atoms with van der Waals surface area (Å²) in [7, 11) is 0. The average Bonchev–Trinajstić information content (AvgIpc) is 3.04. The molecule has 0 radical (unpaired) electrons. The van der Waals surface area contributed by atoms with E-state index in [0.717, 1.165) is 32.0 Å². The van der Waals surface area contributed by atoms with Crippen molar-refractivity contribution in [3.63, 3.8) is 0 Å². The largest absolute Gasteiger partial charge is 0.357 e. The zero-order valence-electron chi connectivity index (χ0n) is 13.8. The van der Waals surface area contributed by atoms with E-state index in [-0.39, 0.29) is 24.0 Å². The number of hydrogen-bond donors (Lipinski definition) is 2. The molecule has 0 bridgehead atoms. The average molecular weight is 427 g/mol. The van der Waals surface area contributed by atoms with Gasteiger partial charge in [-0.3, -0.25) is 0 Å². The monoisotopic (exact) mass is 427 g/mol. The maximum absolute atomic E-state index is 4.62. The van der Waals surface area contributed by atoms with Crippen LogP contribution in [0.1, 0.15) is 24.5 Å². The quantitative estimate of drug-likeness (QED) is 0.309. The molecular weight excluding hydrogens is 401 g/mol. The van der Waals surface area contributed by atoms with Gasteiger partial charge in [-0.25, -0.2) is 9.98 Å². The first-order chi connectivity index (χ1) is 10.8. The van der Waals surface area contributed by atoms with E-state index in [0.29, 0.717) is 6.54 Å². The van der Waals surface area contributed by atoms with Crippen molar-refractivity contribution in [1.82, 2.24) is 20.2 Å². The lowest BCUT2D eigenvalue weighted by molar-refractivity contribution is 0.624. The van der Waals surface area contributed by atoms with Crippen molar-refractivity contribution in [1.29, 1.82) is 0 Å². The molecule has 0 atom stereocenters. The number of aryl methyl sites for hydroxylation is 2. The highest BCUT2D eigenvalue weighted by atomic mass is 127. The van der Waals surface area contributed by atoms with Crippen molar-refractivity contribution < 1.29 is 0 Å². The van der Waals surface area contributed by atoms with E-state index >= 15 is 0 Å². The highest BCUT2D eigenvalue weighted by molar-refractivity contribution is 14.0. The summed E-state index contributed by atoms with van der Waals surface area (Å²) in [6.45, 7) is 7.58. The van der Waals surface area contributed by atoms with Crippen molar-refractivity contribution in [2.24, 2.45) is 4.99 Å². The van der Waals surface area contributed by atoms with Crippen LogP contribution in [-0.4, -0.2) is 28.6 Å². The van der Waals surface area contributed by atoms with Crippen LogP contribution >= 0.6 is 24.0 Å². The van der Waals surface area contributed by atoms with E-state index in [2.05, 4.69) is 63.3 Å². The Morgan fingerprint density at radius 1 is 1.22 bits per heavy atom. The minimum atomic E-state index is 0. The van der Waals surface area contributed by atoms with Crippen molar-refractivity contribution in [2.75, 3.05) is 13.1 Å². The number of aromatic nitrogens is 2. The van der Waals surface area contributed by atoms with Gasteiger partial charge < -0.3 is 15.2 Å². The summed E-state index contributed by atoms with van der Waals surface area (Å²) < 4.78 is 2.08. The van der Waals surface area contributed by atoms with Crippen LogP contribution < -0.4 is 10.6 Å². The molecule has 2 aromatic rings. The molecule has 6 heteroatoms. The van der Waals surface area contributed by atoms with E-state index in [4.69, 9.17) is 0 Å². The lowest BCUT2D eigenvalue weighted by Crippen LogP contribution is -2.38. The Morgan fingerprint density at radius 3 is 2.65 bits per heavy atom. The molecule has 0 unspecified atom stereocenters. The fraction of sp³-hybridized carbons (Fsp3) is 0.412. The Hall–Kier alpha value is -1.57. The summed E-state index contributed by atoms with van der Waals surface area (Å²) in [5, 5.41) is 6.65. The Balaban J connectivity index is 0.00000264. The highest BCUT2D eigenvalue weighted by Gasteiger charge is 1.98. The van der Waals surface area contributed by atoms with Crippen LogP contribution in [0.3, 0.4) is 0 Å². The molecule has 0 fully saturated rings. The number of halogens is 1. The molecule has 0 aliphatic rings. The second-order valence-corrected chi connectivity index (χ2v) is 5.26. The summed E-state index contributed by atoms with van der Waals surface area (Å²) in [5.74, 6) is 0.869. The van der Waals surface area contributed by atoms with Gasteiger partial charge in [-0.15, -0.1) is 24.0 Å². The second-order valence-electron chi connectivity index (χ2n) is 5.26. The Kier molecular flexibility index (Phi) is 9.35. The summed E-state index contributed by atoms with van der Waals surface area (Å²) >= 11 is 0. The molecule has 2 N–H and O–H groups in total. The van der Waals surface area contributed by atoms with Crippen LogP contribution in [0.5, 0.6) is 0 Å². The van der Waals surface area contributed by atoms with E-state index in [1.807, 2.05) is 12.5 Å². The standard InChI is InChI=1S/C17H25N5.HI/c1-3-19-17(20-9-4-11-22-12-10-18-14-22)21-13-16-7-5-15(2)6-8-16;/h5-8,10,12,14H,3-4,9,11,13H2,1-2H3,(H2,19,20,21);1H. The van der Waals surface area contributed by atoms with Gasteiger partial charge in [-0.2, -0.15) is 0 Å². The van der Waals surface area contributed by atoms with Crippen LogP contribution in [0.25, 0.3) is 0 Å². The molecule has 0 aliphatic heterocycles. The molecule has 0 spiro atoms. The van der Waals surface area contributed by atoms with Crippen LogP contribution in [0, 0.1) is 6.92 Å². The Morgan fingerprint density at radius 2 is 2.00 bits per heavy atom. The fourth-order valence-electron chi connectivity index (χ4n) is 2.09. The van der Waals surface area contributed by atoms with Crippen LogP contribution in [0.15, 0.2) is 48.0 Å². The van der Waals surface area contributed by atoms with E-state index in [1.165, 1.54) is 11.1 Å². The smallest absolute Gasteiger partial charge is 0.191 e. The maximum atomic E-state index is 4.62. The van der Waals surface area contributed by atoms with Crippen molar-refractivity contribution >= 4 is 29.9 Å². The number of hydrogen-bond acceptors (Lipinski definition) is 2. The third kappa shape index (κ3) is 7.49. The summed E-state index contributed by atoms with van der Waals surface area (Å²) in [5.41, 5.74) is 2.50. The molecule has 0 saturated heterocycles. The molecule has 1 aromatic carbocycles. The normalized spacial score (nSPS) is 11.0. The molecule has 1 aromatic heterocycles. The number of nitrogens with zero attached hydrogens (tertiary/aromatic N) is 3. The lowest BCUT2D eigenvalue weighted by atomic mass is 10.1. The lowest BCUT2D eigenvalue weighted by Gasteiger charge is -2.11. The summed E-state index contributed by atoms with van der Waals surface area (Å²) in [4.78, 5) is 8.66. The predicted molar refractivity (Wildman–Crippen MR) is 106 cm³/mol. The number of imidazole rings is 1. The van der Waals surface area contributed by atoms with E-state index < -0.39 is 0 Å². The van der Waals surface area contributed by atoms with Crippen molar-refractivity contribution in [3.05, 3.63) is 54.1 Å². The molecule has 5 nitrogen and oxygen atoms in total. The maximum Gasteiger partial charge on any atom is 0.191 e. The van der Waals surface area contributed by atoms with Gasteiger partial charge in [0.1, 0.15) is 0 Å². The third-order valence-corrected chi connectivity index (χ3v) is 3.33. The number of rotatable bonds is 7. The van der Waals surface area contributed by atoms with Crippen molar-refractivity contribution in [2.45, 2.75) is 33.4 Å². The first kappa shape index (κ1) is 19.5. The van der Waals surface area contributed by atoms with Gasteiger partial charge in [0.05, 0.1) is 12.9 Å². The van der Waals surface area contributed by atoms with Gasteiger partial charge in [-0.1, -0.05) is 29.8 Å². The minimum absolute atomic E-state index is 0. The molecule has 23 heavy (non-hydrogen) atoms. The first-order valence-electron chi connectivity index (χ1n) is 7.81. The topological polar surface area (TPSA) is 54.2 Å². The van der Waals surface area contributed by atoms with Crippen LogP contribution in [0.2, 0.25) is 0 Å². The molecule has 0 amide bonds. The number of benzene rings is 1. The van der Waals surface area contributed by atoms with Gasteiger partial charge in [0.2, 0.25) is 0 Å². The predicted octanol–water partition coefficient (Wildman–Crippen LogP) is 2.95. The molecular formula is C17H26IN5. The minimum Gasteiger partial charge on any atom is -0.357 e. The van der Waals surface area contributed by atoms with Gasteiger partial charge in [0, 0.05) is 32.0 Å². The molecule has 2 rings (SSSR count). The third-order valence-electron chi connectivity index (χ3n) is 3.33. The Bertz CT molecular complexity index is 563. The number of guanidine groups is 1. The number of aliphatic imine (C=N–C) groups is 1. The molecule has 0 aliphatic carbocycles. The molecule has 126 valence electrons. The van der Waals surface area contributed by atoms with Crippen LogP contribution in [-0.2, 0) is 13.1 Å². The summed E-state index contributed by atoms with van der Waals surface area (Å²) in [6, 6.07) is 8.50. The van der Waals surface area contributed by atoms with Gasteiger partial charge in [0.25, 0.3) is 0 Å². The summed E-state index contributed by atoms with van der Waals surface area (Å²) in [6.07, 6.45) is 6.67. The van der Waals surface area contributed by atoms with E-state index in [1.54, 1.807) is 6.20 Å². The van der Waals surface area contributed by atoms with Crippen molar-refractivity contribution in [3.8, 4) is 0 Å². The molecule has 0 saturated carbocycles. The first-order valence-corrected chi connectivity index (χ1v) is 7.81. The Labute approximate surface area is 155 Å². The van der Waals surface area contributed by atoms with Gasteiger partial charge in [0.15, 0.2) is 5.96 Å². The highest BCUT2D eigenvalue weighted by Crippen LogP contribution is 2.04. The second kappa shape index (κ2) is 11.0. The molecule has 1 heterocycles. The van der Waals surface area contributed by atoms with Crippen LogP contribution in [0.4, 0.5) is 0 Å². The van der Waals surface area contributed by atoms with E-state index in [9.17, 15) is 0 Å². The zero-order valence-corrected chi connectivity index (χ0v) is 16.2. The van der Waals surface area contributed by atoms with Gasteiger partial charge in [-0.05, 0) is 25.8 Å². The van der Waals surface area contributed by atoms with Gasteiger partial charge >= 0.3 is 0 Å². The SMILES string of the molecule is CCNC(=NCc1ccc(C)cc1)NCCCn1ccnc1.I. The number of nitrogens with one attached hydrogen (secondary N) is 2. The fourth-order valence-corrected chi connectivity index (χ4v) is 2.09. The zero-order chi connectivity index (χ0) is 15.6.